The van der Waals surface area contributed by atoms with Gasteiger partial charge >= 0.3 is 0 Å². The van der Waals surface area contributed by atoms with Crippen LogP contribution in [0.15, 0.2) is 54.6 Å². The number of likely N-dealkylation sites (tertiary alicyclic amines) is 1. The van der Waals surface area contributed by atoms with Crippen LogP contribution in [0.1, 0.15) is 24.0 Å². The predicted molar refractivity (Wildman–Crippen MR) is 118 cm³/mol. The number of nitrogens with zero attached hydrogens (tertiary/aromatic N) is 1. The van der Waals surface area contributed by atoms with Gasteiger partial charge in [-0.25, -0.2) is 0 Å². The van der Waals surface area contributed by atoms with E-state index in [-0.39, 0.29) is 30.2 Å². The summed E-state index contributed by atoms with van der Waals surface area (Å²) in [5, 5.41) is 24.8. The van der Waals surface area contributed by atoms with Crippen LogP contribution in [-0.2, 0) is 22.4 Å². The molecule has 0 spiro atoms. The molecule has 3 aliphatic heterocycles. The highest BCUT2D eigenvalue weighted by Crippen LogP contribution is 2.34. The Bertz CT molecular complexity index is 856. The van der Waals surface area contributed by atoms with Crippen LogP contribution in [0.2, 0.25) is 0 Å². The lowest BCUT2D eigenvalue weighted by Gasteiger charge is -2.46. The Morgan fingerprint density at radius 1 is 1.00 bits per heavy atom. The normalized spacial score (nSPS) is 31.7. The molecule has 2 aromatic carbocycles. The Morgan fingerprint density at radius 3 is 2.52 bits per heavy atom. The number of aromatic hydroxyl groups is 1. The van der Waals surface area contributed by atoms with Crippen molar-refractivity contribution in [3.63, 3.8) is 0 Å². The third kappa shape index (κ3) is 4.49. The van der Waals surface area contributed by atoms with Crippen LogP contribution < -0.4 is 5.32 Å². The molecule has 166 valence electrons. The fraction of sp³-hybridized carbons (Fsp3) is 0.520. The van der Waals surface area contributed by atoms with Crippen molar-refractivity contribution in [3.05, 3.63) is 65.7 Å². The quantitative estimate of drug-likeness (QED) is 0.661. The van der Waals surface area contributed by atoms with Gasteiger partial charge in [-0.15, -0.1) is 0 Å². The number of ether oxygens (including phenoxy) is 2. The van der Waals surface area contributed by atoms with Crippen LogP contribution in [0.5, 0.6) is 5.75 Å². The van der Waals surface area contributed by atoms with E-state index in [0.29, 0.717) is 19.1 Å². The Morgan fingerprint density at radius 2 is 1.74 bits per heavy atom. The van der Waals surface area contributed by atoms with Crippen LogP contribution in [0, 0.1) is 5.92 Å². The number of para-hydroxylation sites is 1. The molecule has 0 aliphatic carbocycles. The molecule has 0 unspecified atom stereocenters. The monoisotopic (exact) mass is 424 g/mol. The molecular formula is C25H32N2O4. The number of piperidine rings is 1. The third-order valence-electron chi connectivity index (χ3n) is 7.09. The molecule has 0 radical (unpaired) electrons. The topological polar surface area (TPSA) is 74.2 Å². The van der Waals surface area contributed by atoms with E-state index in [4.69, 9.17) is 9.47 Å². The number of phenols is 1. The standard InChI is InChI=1S/C25H32N2O4/c28-20-9-5-4-8-19(20)15-26-22-21-16-30-25(31-21)23(24(22)29)27-12-10-18(11-13-27)14-17-6-2-1-3-7-17/h1-9,18,21-26,28-29H,10-16H2/t21-,22-,23-,24+,25-/m1/s1. The summed E-state index contributed by atoms with van der Waals surface area (Å²) in [4.78, 5) is 2.35. The molecule has 5 rings (SSSR count). The van der Waals surface area contributed by atoms with E-state index in [1.54, 1.807) is 6.07 Å². The lowest BCUT2D eigenvalue weighted by Crippen LogP contribution is -2.65. The summed E-state index contributed by atoms with van der Waals surface area (Å²) in [5.74, 6) is 0.936. The zero-order chi connectivity index (χ0) is 21.2. The first-order valence-corrected chi connectivity index (χ1v) is 11.4. The number of hydrogen-bond donors (Lipinski definition) is 3. The van der Waals surface area contributed by atoms with Crippen LogP contribution in [-0.4, -0.2) is 65.4 Å². The lowest BCUT2D eigenvalue weighted by atomic mass is 9.87. The Hall–Kier alpha value is -1.96. The predicted octanol–water partition coefficient (Wildman–Crippen LogP) is 2.29. The van der Waals surface area contributed by atoms with Crippen molar-refractivity contribution < 1.29 is 19.7 Å². The second-order valence-corrected chi connectivity index (χ2v) is 9.06. The van der Waals surface area contributed by atoms with Gasteiger partial charge in [-0.05, 0) is 49.9 Å². The second-order valence-electron chi connectivity index (χ2n) is 9.06. The molecule has 3 heterocycles. The molecule has 2 aromatic rings. The largest absolute Gasteiger partial charge is 0.508 e. The molecule has 0 saturated carbocycles. The first-order valence-electron chi connectivity index (χ1n) is 11.4. The maximum Gasteiger partial charge on any atom is 0.176 e. The van der Waals surface area contributed by atoms with Crippen LogP contribution in [0.3, 0.4) is 0 Å². The molecule has 0 amide bonds. The van der Waals surface area contributed by atoms with Crippen molar-refractivity contribution in [2.45, 2.75) is 56.4 Å². The van der Waals surface area contributed by atoms with E-state index in [1.165, 1.54) is 5.56 Å². The van der Waals surface area contributed by atoms with Crippen molar-refractivity contribution in [3.8, 4) is 5.75 Å². The number of phenolic OH excluding ortho intramolecular Hbond substituents is 1. The minimum atomic E-state index is -0.581. The van der Waals surface area contributed by atoms with E-state index in [2.05, 4.69) is 40.5 Å². The van der Waals surface area contributed by atoms with Gasteiger partial charge in [0.25, 0.3) is 0 Å². The fourth-order valence-electron chi connectivity index (χ4n) is 5.33. The molecule has 6 nitrogen and oxygen atoms in total. The van der Waals surface area contributed by atoms with E-state index < -0.39 is 6.10 Å². The van der Waals surface area contributed by atoms with Crippen LogP contribution >= 0.6 is 0 Å². The molecule has 3 saturated heterocycles. The smallest absolute Gasteiger partial charge is 0.176 e. The molecular weight excluding hydrogens is 392 g/mol. The molecule has 3 fully saturated rings. The highest BCUT2D eigenvalue weighted by atomic mass is 16.7. The molecule has 5 atom stereocenters. The number of benzene rings is 2. The number of hydrogen-bond acceptors (Lipinski definition) is 6. The van der Waals surface area contributed by atoms with Crippen molar-refractivity contribution in [1.29, 1.82) is 0 Å². The average molecular weight is 425 g/mol. The van der Waals surface area contributed by atoms with Gasteiger partial charge in [0, 0.05) is 12.1 Å². The summed E-state index contributed by atoms with van der Waals surface area (Å²) in [7, 11) is 0. The number of rotatable bonds is 6. The first kappa shape index (κ1) is 20.9. The maximum atomic E-state index is 11.3. The van der Waals surface area contributed by atoms with Crippen molar-refractivity contribution >= 4 is 0 Å². The van der Waals surface area contributed by atoms with Gasteiger partial charge in [0.1, 0.15) is 11.9 Å². The summed E-state index contributed by atoms with van der Waals surface area (Å²) in [6, 6.07) is 17.6. The number of aliphatic hydroxyl groups excluding tert-OH is 1. The summed E-state index contributed by atoms with van der Waals surface area (Å²) >= 11 is 0. The minimum absolute atomic E-state index is 0.168. The van der Waals surface area contributed by atoms with E-state index >= 15 is 0 Å². The third-order valence-corrected chi connectivity index (χ3v) is 7.09. The molecule has 2 bridgehead atoms. The summed E-state index contributed by atoms with van der Waals surface area (Å²) < 4.78 is 12.1. The van der Waals surface area contributed by atoms with Gasteiger partial charge in [0.15, 0.2) is 6.29 Å². The van der Waals surface area contributed by atoms with Gasteiger partial charge in [-0.3, -0.25) is 4.90 Å². The summed E-state index contributed by atoms with van der Waals surface area (Å²) in [6.07, 6.45) is 2.23. The Balaban J connectivity index is 1.21. The van der Waals surface area contributed by atoms with Crippen molar-refractivity contribution in [2.75, 3.05) is 19.7 Å². The van der Waals surface area contributed by atoms with E-state index in [9.17, 15) is 10.2 Å². The van der Waals surface area contributed by atoms with Gasteiger partial charge in [-0.1, -0.05) is 48.5 Å². The molecule has 6 heteroatoms. The second kappa shape index (κ2) is 9.27. The highest BCUT2D eigenvalue weighted by Gasteiger charge is 2.52. The average Bonchev–Trinajstić information content (AvgIpc) is 3.21. The number of nitrogens with one attached hydrogen (secondary N) is 1. The van der Waals surface area contributed by atoms with Gasteiger partial charge in [-0.2, -0.15) is 0 Å². The Kier molecular flexibility index (Phi) is 6.25. The highest BCUT2D eigenvalue weighted by molar-refractivity contribution is 5.31. The van der Waals surface area contributed by atoms with Crippen LogP contribution in [0.25, 0.3) is 0 Å². The van der Waals surface area contributed by atoms with Crippen LogP contribution in [0.4, 0.5) is 0 Å². The maximum absolute atomic E-state index is 11.3. The van der Waals surface area contributed by atoms with Gasteiger partial charge in [0.2, 0.25) is 0 Å². The summed E-state index contributed by atoms with van der Waals surface area (Å²) in [6.45, 7) is 2.85. The first-order chi connectivity index (χ1) is 15.2. The minimum Gasteiger partial charge on any atom is -0.508 e. The fourth-order valence-corrected chi connectivity index (χ4v) is 5.33. The van der Waals surface area contributed by atoms with E-state index in [1.807, 2.05) is 18.2 Å². The van der Waals surface area contributed by atoms with Gasteiger partial charge < -0.3 is 25.0 Å². The van der Waals surface area contributed by atoms with Crippen molar-refractivity contribution in [2.24, 2.45) is 5.92 Å². The van der Waals surface area contributed by atoms with Gasteiger partial charge in [0.05, 0.1) is 24.8 Å². The molecule has 31 heavy (non-hydrogen) atoms. The van der Waals surface area contributed by atoms with E-state index in [0.717, 1.165) is 37.9 Å². The molecule has 3 aliphatic rings. The lowest BCUT2D eigenvalue weighted by molar-refractivity contribution is -0.186. The zero-order valence-electron chi connectivity index (χ0n) is 17.8. The SMILES string of the molecule is Oc1ccccc1CN[C@H]1[C@H](O)[C@@H](N2CCC(Cc3ccccc3)CC2)[C@@H]2OC[C@H]1O2. The zero-order valence-corrected chi connectivity index (χ0v) is 17.8. The summed E-state index contributed by atoms with van der Waals surface area (Å²) in [5.41, 5.74) is 2.21. The number of aliphatic hydroxyl groups is 1. The molecule has 3 N–H and O–H groups in total. The van der Waals surface area contributed by atoms with Crippen molar-refractivity contribution in [1.82, 2.24) is 10.2 Å². The molecule has 0 aromatic heterocycles. The Labute approximate surface area is 183 Å². The number of fused-ring (bicyclic) bond motifs is 2.